The molecule has 0 amide bonds. The second kappa shape index (κ2) is 6.56. The van der Waals surface area contributed by atoms with Crippen LogP contribution in [0, 0.1) is 0 Å². The van der Waals surface area contributed by atoms with Crippen LogP contribution in [0.25, 0.3) is 0 Å². The quantitative estimate of drug-likeness (QED) is 0.876. The van der Waals surface area contributed by atoms with E-state index in [2.05, 4.69) is 4.98 Å². The normalized spacial score (nSPS) is 10.1. The van der Waals surface area contributed by atoms with Gasteiger partial charge in [-0.2, -0.15) is 0 Å². The number of hydrogen-bond acceptors (Lipinski definition) is 4. The Morgan fingerprint density at radius 3 is 2.65 bits per heavy atom. The molecule has 0 saturated heterocycles. The molecule has 2 aromatic rings. The molecule has 104 valence electrons. The summed E-state index contributed by atoms with van der Waals surface area (Å²) in [4.78, 5) is 14.8. The topological polar surface area (TPSA) is 68.7 Å². The van der Waals surface area contributed by atoms with Crippen molar-refractivity contribution in [2.45, 2.75) is 13.5 Å². The maximum Gasteiger partial charge on any atom is 0.358 e. The summed E-state index contributed by atoms with van der Waals surface area (Å²) in [7, 11) is 0. The average molecular weight is 273 g/mol. The van der Waals surface area contributed by atoms with Crippen molar-refractivity contribution in [3.8, 4) is 11.5 Å². The Labute approximate surface area is 116 Å². The molecule has 0 aliphatic heterocycles. The first-order chi connectivity index (χ1) is 9.72. The summed E-state index contributed by atoms with van der Waals surface area (Å²) in [6, 6.07) is 10.7. The molecule has 1 N–H and O–H groups in total. The molecule has 0 aliphatic carbocycles. The Morgan fingerprint density at radius 1 is 1.15 bits per heavy atom. The van der Waals surface area contributed by atoms with Gasteiger partial charge in [0.15, 0.2) is 11.4 Å². The lowest BCUT2D eigenvalue weighted by molar-refractivity contribution is 0.0685. The van der Waals surface area contributed by atoms with Gasteiger partial charge in [0.2, 0.25) is 0 Å². The van der Waals surface area contributed by atoms with Crippen LogP contribution in [-0.4, -0.2) is 22.7 Å². The van der Waals surface area contributed by atoms with Crippen LogP contribution >= 0.6 is 0 Å². The Bertz CT molecular complexity index is 598. The van der Waals surface area contributed by atoms with Crippen molar-refractivity contribution >= 4 is 5.97 Å². The minimum absolute atomic E-state index is 0.0959. The smallest absolute Gasteiger partial charge is 0.358 e. The van der Waals surface area contributed by atoms with Gasteiger partial charge in [0, 0.05) is 11.8 Å². The maximum atomic E-state index is 11.0. The van der Waals surface area contributed by atoms with Crippen LogP contribution in [0.1, 0.15) is 23.0 Å². The highest BCUT2D eigenvalue weighted by molar-refractivity contribution is 5.88. The molecule has 0 radical (unpaired) electrons. The number of aromatic nitrogens is 1. The summed E-state index contributed by atoms with van der Waals surface area (Å²) in [6.07, 6.45) is 1.42. The van der Waals surface area contributed by atoms with E-state index in [0.717, 1.165) is 11.3 Å². The van der Waals surface area contributed by atoms with Gasteiger partial charge in [-0.15, -0.1) is 0 Å². The van der Waals surface area contributed by atoms with Crippen LogP contribution in [0.4, 0.5) is 0 Å². The standard InChI is InChI=1S/C15H15NO4/c1-2-19-12-7-4-3-6-11(12)10-20-13-8-5-9-16-14(13)15(17)18/h3-9H,2,10H2,1H3,(H,17,18). The Kier molecular flexibility index (Phi) is 4.55. The van der Waals surface area contributed by atoms with Crippen LogP contribution in [0.15, 0.2) is 42.6 Å². The van der Waals surface area contributed by atoms with Gasteiger partial charge >= 0.3 is 5.97 Å². The molecule has 0 atom stereocenters. The second-order valence-electron chi connectivity index (χ2n) is 3.98. The molecular formula is C15H15NO4. The number of carboxylic acids is 1. The Morgan fingerprint density at radius 2 is 1.90 bits per heavy atom. The van der Waals surface area contributed by atoms with Gasteiger partial charge in [-0.1, -0.05) is 18.2 Å². The molecule has 20 heavy (non-hydrogen) atoms. The van der Waals surface area contributed by atoms with Gasteiger partial charge in [-0.25, -0.2) is 9.78 Å². The highest BCUT2D eigenvalue weighted by Crippen LogP contribution is 2.22. The fraction of sp³-hybridized carbons (Fsp3) is 0.200. The third kappa shape index (κ3) is 3.26. The van der Waals surface area contributed by atoms with Crippen molar-refractivity contribution in [2.75, 3.05) is 6.61 Å². The number of benzene rings is 1. The zero-order valence-corrected chi connectivity index (χ0v) is 11.1. The Hall–Kier alpha value is -2.56. The zero-order valence-electron chi connectivity index (χ0n) is 11.1. The lowest BCUT2D eigenvalue weighted by Crippen LogP contribution is -2.06. The summed E-state index contributed by atoms with van der Waals surface area (Å²) in [5.74, 6) is -0.138. The largest absolute Gasteiger partial charge is 0.493 e. The van der Waals surface area contributed by atoms with Crippen LogP contribution < -0.4 is 9.47 Å². The van der Waals surface area contributed by atoms with Gasteiger partial charge in [-0.3, -0.25) is 0 Å². The van der Waals surface area contributed by atoms with Crippen molar-refractivity contribution in [3.05, 3.63) is 53.9 Å². The minimum atomic E-state index is -1.11. The number of nitrogens with zero attached hydrogens (tertiary/aromatic N) is 1. The van der Waals surface area contributed by atoms with E-state index < -0.39 is 5.97 Å². The molecule has 1 aromatic carbocycles. The molecule has 5 heteroatoms. The number of hydrogen-bond donors (Lipinski definition) is 1. The van der Waals surface area contributed by atoms with Gasteiger partial charge in [0.1, 0.15) is 12.4 Å². The van der Waals surface area contributed by atoms with E-state index in [1.54, 1.807) is 12.1 Å². The molecule has 2 rings (SSSR count). The fourth-order valence-electron chi connectivity index (χ4n) is 1.74. The van der Waals surface area contributed by atoms with Crippen molar-refractivity contribution in [1.29, 1.82) is 0 Å². The van der Waals surface area contributed by atoms with Crippen LogP contribution in [0.5, 0.6) is 11.5 Å². The molecule has 0 saturated carbocycles. The third-order valence-corrected chi connectivity index (χ3v) is 2.63. The molecule has 1 aromatic heterocycles. The summed E-state index contributed by atoms with van der Waals surface area (Å²) in [5.41, 5.74) is 0.760. The molecule has 0 fully saturated rings. The summed E-state index contributed by atoms with van der Waals surface area (Å²) in [6.45, 7) is 2.69. The minimum Gasteiger partial charge on any atom is -0.493 e. The van der Waals surface area contributed by atoms with Crippen molar-refractivity contribution in [2.24, 2.45) is 0 Å². The number of rotatable bonds is 6. The summed E-state index contributed by atoms with van der Waals surface area (Å²) < 4.78 is 11.0. The molecule has 0 unspecified atom stereocenters. The fourth-order valence-corrected chi connectivity index (χ4v) is 1.74. The second-order valence-corrected chi connectivity index (χ2v) is 3.98. The number of pyridine rings is 1. The first-order valence-electron chi connectivity index (χ1n) is 6.24. The lowest BCUT2D eigenvalue weighted by atomic mass is 10.2. The SMILES string of the molecule is CCOc1ccccc1COc1cccnc1C(=O)O. The monoisotopic (exact) mass is 273 g/mol. The van der Waals surface area contributed by atoms with Crippen LogP contribution in [0.2, 0.25) is 0 Å². The van der Waals surface area contributed by atoms with E-state index in [0.29, 0.717) is 6.61 Å². The highest BCUT2D eigenvalue weighted by Gasteiger charge is 2.13. The first kappa shape index (κ1) is 13.9. The Balaban J connectivity index is 2.15. The van der Waals surface area contributed by atoms with Gasteiger partial charge in [-0.05, 0) is 25.1 Å². The number of aromatic carboxylic acids is 1. The highest BCUT2D eigenvalue weighted by atomic mass is 16.5. The van der Waals surface area contributed by atoms with Gasteiger partial charge in [0.05, 0.1) is 6.61 Å². The summed E-state index contributed by atoms with van der Waals surface area (Å²) >= 11 is 0. The summed E-state index contributed by atoms with van der Waals surface area (Å²) in [5, 5.41) is 9.03. The molecular weight excluding hydrogens is 258 g/mol. The number of para-hydroxylation sites is 1. The molecule has 0 spiro atoms. The molecule has 5 nitrogen and oxygen atoms in total. The molecule has 0 bridgehead atoms. The van der Waals surface area contributed by atoms with Crippen molar-refractivity contribution in [3.63, 3.8) is 0 Å². The van der Waals surface area contributed by atoms with Crippen LogP contribution in [0.3, 0.4) is 0 Å². The van der Waals surface area contributed by atoms with Gasteiger partial charge in [0.25, 0.3) is 0 Å². The van der Waals surface area contributed by atoms with Gasteiger partial charge < -0.3 is 14.6 Å². The lowest BCUT2D eigenvalue weighted by Gasteiger charge is -2.12. The van der Waals surface area contributed by atoms with E-state index in [1.165, 1.54) is 6.20 Å². The average Bonchev–Trinajstić information content (AvgIpc) is 2.47. The van der Waals surface area contributed by atoms with E-state index in [-0.39, 0.29) is 18.1 Å². The molecule has 1 heterocycles. The van der Waals surface area contributed by atoms with E-state index in [1.807, 2.05) is 31.2 Å². The van der Waals surface area contributed by atoms with Crippen LogP contribution in [-0.2, 0) is 6.61 Å². The first-order valence-corrected chi connectivity index (χ1v) is 6.24. The number of carboxylic acid groups (broad SMARTS) is 1. The predicted molar refractivity (Wildman–Crippen MR) is 73.1 cm³/mol. The van der Waals surface area contributed by atoms with Crippen molar-refractivity contribution < 1.29 is 19.4 Å². The number of carbonyl (C=O) groups is 1. The van der Waals surface area contributed by atoms with Crippen molar-refractivity contribution in [1.82, 2.24) is 4.98 Å². The number of ether oxygens (including phenoxy) is 2. The van der Waals surface area contributed by atoms with E-state index in [9.17, 15) is 4.79 Å². The molecule has 0 aliphatic rings. The van der Waals surface area contributed by atoms with E-state index >= 15 is 0 Å². The third-order valence-electron chi connectivity index (χ3n) is 2.63. The predicted octanol–water partition coefficient (Wildman–Crippen LogP) is 2.76. The maximum absolute atomic E-state index is 11.0. The van der Waals surface area contributed by atoms with E-state index in [4.69, 9.17) is 14.6 Å². The zero-order chi connectivity index (χ0) is 14.4.